The van der Waals surface area contributed by atoms with Gasteiger partial charge in [-0.25, -0.2) is 0 Å². The number of fused-ring (bicyclic) bond motifs is 4. The number of ether oxygens (including phenoxy) is 1. The number of aromatic amines is 1. The highest BCUT2D eigenvalue weighted by Crippen LogP contribution is 2.56. The third kappa shape index (κ3) is 2.95. The Labute approximate surface area is 200 Å². The highest BCUT2D eigenvalue weighted by atomic mass is 35.5. The van der Waals surface area contributed by atoms with E-state index in [1.807, 2.05) is 31.2 Å². The van der Waals surface area contributed by atoms with Gasteiger partial charge < -0.3 is 15.4 Å². The van der Waals surface area contributed by atoms with Gasteiger partial charge in [-0.05, 0) is 30.2 Å². The summed E-state index contributed by atoms with van der Waals surface area (Å²) in [6.45, 7) is 2.22. The van der Waals surface area contributed by atoms with Gasteiger partial charge in [0.2, 0.25) is 17.7 Å². The Morgan fingerprint density at radius 2 is 2.06 bits per heavy atom. The van der Waals surface area contributed by atoms with Gasteiger partial charge in [-0.15, -0.1) is 5.10 Å². The minimum Gasteiger partial charge on any atom is -0.420 e. The van der Waals surface area contributed by atoms with Crippen molar-refractivity contribution in [3.8, 4) is 11.9 Å². The number of hydrogen-bond acceptors (Lipinski definition) is 5. The van der Waals surface area contributed by atoms with Crippen LogP contribution in [0.2, 0.25) is 10.0 Å². The van der Waals surface area contributed by atoms with Gasteiger partial charge in [0.1, 0.15) is 17.1 Å². The smallest absolute Gasteiger partial charge is 0.248 e. The van der Waals surface area contributed by atoms with Crippen LogP contribution in [0.1, 0.15) is 35.7 Å². The molecule has 0 aliphatic carbocycles. The number of benzene rings is 2. The van der Waals surface area contributed by atoms with Crippen LogP contribution in [0.25, 0.3) is 0 Å². The van der Waals surface area contributed by atoms with Crippen LogP contribution >= 0.6 is 23.2 Å². The van der Waals surface area contributed by atoms with Crippen molar-refractivity contribution in [2.75, 3.05) is 4.90 Å². The number of aromatic nitrogens is 2. The molecule has 1 aromatic heterocycles. The number of nitrogens with one attached hydrogen (secondary N) is 1. The lowest BCUT2D eigenvalue weighted by atomic mass is 9.68. The van der Waals surface area contributed by atoms with Gasteiger partial charge in [0.15, 0.2) is 0 Å². The molecule has 2 aromatic carbocycles. The van der Waals surface area contributed by atoms with E-state index in [0.29, 0.717) is 33.3 Å². The first-order chi connectivity index (χ1) is 15.9. The predicted molar refractivity (Wildman–Crippen MR) is 125 cm³/mol. The second-order valence-electron chi connectivity index (χ2n) is 7.98. The van der Waals surface area contributed by atoms with Gasteiger partial charge in [0.05, 0.1) is 12.1 Å². The predicted octanol–water partition coefficient (Wildman–Crippen LogP) is 4.59. The Kier molecular flexibility index (Phi) is 5.08. The number of hydrogen-bond donors (Lipinski definition) is 2. The Balaban J connectivity index is 1.77. The zero-order valence-corrected chi connectivity index (χ0v) is 19.2. The molecule has 0 unspecified atom stereocenters. The minimum atomic E-state index is -1.46. The number of rotatable bonds is 4. The third-order valence-electron chi connectivity index (χ3n) is 6.13. The number of para-hydroxylation sites is 1. The number of aryl methyl sites for hydroxylation is 1. The van der Waals surface area contributed by atoms with Crippen LogP contribution in [0.5, 0.6) is 5.88 Å². The van der Waals surface area contributed by atoms with Crippen molar-refractivity contribution >= 4 is 34.8 Å². The van der Waals surface area contributed by atoms with Crippen LogP contribution in [0.15, 0.2) is 53.9 Å². The van der Waals surface area contributed by atoms with E-state index in [1.165, 1.54) is 0 Å². The zero-order valence-electron chi connectivity index (χ0n) is 17.7. The average molecular weight is 480 g/mol. The highest BCUT2D eigenvalue weighted by Gasteiger charge is 2.60. The molecular formula is C24H19Cl2N5O2. The first-order valence-corrected chi connectivity index (χ1v) is 11.2. The summed E-state index contributed by atoms with van der Waals surface area (Å²) in [4.78, 5) is 16.0. The van der Waals surface area contributed by atoms with Crippen molar-refractivity contribution in [3.63, 3.8) is 0 Å². The van der Waals surface area contributed by atoms with E-state index in [-0.39, 0.29) is 29.8 Å². The lowest BCUT2D eigenvalue weighted by molar-refractivity contribution is -0.121. The van der Waals surface area contributed by atoms with E-state index in [1.54, 1.807) is 23.1 Å². The van der Waals surface area contributed by atoms with Gasteiger partial charge in [-0.1, -0.05) is 60.8 Å². The molecule has 0 saturated heterocycles. The van der Waals surface area contributed by atoms with Crippen molar-refractivity contribution in [1.82, 2.24) is 10.2 Å². The lowest BCUT2D eigenvalue weighted by Crippen LogP contribution is -2.46. The van der Waals surface area contributed by atoms with Crippen molar-refractivity contribution in [2.24, 2.45) is 5.73 Å². The van der Waals surface area contributed by atoms with E-state index in [4.69, 9.17) is 33.7 Å². The van der Waals surface area contributed by atoms with Crippen molar-refractivity contribution in [2.45, 2.75) is 31.7 Å². The normalized spacial score (nSPS) is 18.8. The molecule has 1 spiro atoms. The van der Waals surface area contributed by atoms with E-state index >= 15 is 0 Å². The Morgan fingerprint density at radius 1 is 1.27 bits per heavy atom. The number of carbonyl (C=O) groups is 1. The Bertz CT molecular complexity index is 1370. The molecule has 33 heavy (non-hydrogen) atoms. The summed E-state index contributed by atoms with van der Waals surface area (Å²) in [6.07, 6.45) is 1.44. The summed E-state index contributed by atoms with van der Waals surface area (Å²) in [6, 6.07) is 14.7. The standard InChI is InChI=1S/C24H19Cl2N5O2/c1-2-5-18-20-22(30-29-18)33-21(28)16(11-27)24(20)15-6-3-4-7-19(15)31(23(24)32)12-13-8-9-14(25)10-17(13)26/h3-4,6-10H,2,5,12,28H2,1H3,(H,29,30)/t24-/m0/s1. The van der Waals surface area contributed by atoms with E-state index in [9.17, 15) is 10.1 Å². The number of anilines is 1. The maximum atomic E-state index is 14.4. The first-order valence-electron chi connectivity index (χ1n) is 10.4. The average Bonchev–Trinajstić information content (AvgIpc) is 3.29. The van der Waals surface area contributed by atoms with Gasteiger partial charge in [0, 0.05) is 27.0 Å². The maximum Gasteiger partial charge on any atom is 0.248 e. The van der Waals surface area contributed by atoms with Crippen molar-refractivity contribution in [3.05, 3.63) is 86.4 Å². The Morgan fingerprint density at radius 3 is 2.79 bits per heavy atom. The molecule has 0 saturated carbocycles. The number of nitrogens with zero attached hydrogens (tertiary/aromatic N) is 3. The summed E-state index contributed by atoms with van der Waals surface area (Å²) < 4.78 is 5.68. The fraction of sp³-hybridized carbons (Fsp3) is 0.208. The molecule has 3 aromatic rings. The van der Waals surface area contributed by atoms with Crippen LogP contribution in [-0.2, 0) is 23.2 Å². The van der Waals surface area contributed by atoms with E-state index in [2.05, 4.69) is 16.3 Å². The second-order valence-corrected chi connectivity index (χ2v) is 8.82. The summed E-state index contributed by atoms with van der Waals surface area (Å²) in [7, 11) is 0. The number of H-pyrrole nitrogens is 1. The van der Waals surface area contributed by atoms with Crippen LogP contribution in [0, 0.1) is 11.3 Å². The van der Waals surface area contributed by atoms with Crippen LogP contribution < -0.4 is 15.4 Å². The number of amides is 1. The van der Waals surface area contributed by atoms with E-state index in [0.717, 1.165) is 17.7 Å². The zero-order chi connectivity index (χ0) is 23.3. The summed E-state index contributed by atoms with van der Waals surface area (Å²) >= 11 is 12.5. The summed E-state index contributed by atoms with van der Waals surface area (Å²) in [5.41, 5.74) is 8.10. The molecule has 1 amide bonds. The van der Waals surface area contributed by atoms with E-state index < -0.39 is 5.41 Å². The number of halogens is 2. The van der Waals surface area contributed by atoms with Crippen LogP contribution in [-0.4, -0.2) is 16.1 Å². The number of nitrogens with two attached hydrogens (primary N) is 1. The maximum absolute atomic E-state index is 14.4. The molecule has 3 heterocycles. The molecule has 9 heteroatoms. The number of carbonyl (C=O) groups excluding carboxylic acids is 1. The van der Waals surface area contributed by atoms with Crippen molar-refractivity contribution < 1.29 is 9.53 Å². The summed E-state index contributed by atoms with van der Waals surface area (Å²) in [5, 5.41) is 18.4. The quantitative estimate of drug-likeness (QED) is 0.568. The minimum absolute atomic E-state index is 0.0518. The molecule has 166 valence electrons. The largest absolute Gasteiger partial charge is 0.420 e. The Hall–Kier alpha value is -3.47. The topological polar surface area (TPSA) is 108 Å². The van der Waals surface area contributed by atoms with Gasteiger partial charge in [-0.2, -0.15) is 5.26 Å². The molecule has 1 atom stereocenters. The molecule has 5 rings (SSSR count). The first kappa shape index (κ1) is 21.4. The van der Waals surface area contributed by atoms with Gasteiger partial charge >= 0.3 is 0 Å². The number of nitriles is 1. The van der Waals surface area contributed by atoms with Crippen LogP contribution in [0.4, 0.5) is 5.69 Å². The molecule has 0 radical (unpaired) electrons. The van der Waals surface area contributed by atoms with Gasteiger partial charge in [-0.3, -0.25) is 9.89 Å². The van der Waals surface area contributed by atoms with Gasteiger partial charge in [0.25, 0.3) is 0 Å². The fourth-order valence-electron chi connectivity index (χ4n) is 4.77. The highest BCUT2D eigenvalue weighted by molar-refractivity contribution is 6.35. The second kappa shape index (κ2) is 7.84. The third-order valence-corrected chi connectivity index (χ3v) is 6.72. The molecule has 2 aliphatic rings. The SMILES string of the molecule is CCCc1[nH]nc2c1[C@@]1(C(=O)N(Cc3ccc(Cl)cc3Cl)c3ccccc31)C(C#N)=C(N)O2. The molecule has 2 aliphatic heterocycles. The van der Waals surface area contributed by atoms with Crippen molar-refractivity contribution in [1.29, 1.82) is 5.26 Å². The molecule has 3 N–H and O–H groups in total. The molecule has 7 nitrogen and oxygen atoms in total. The molecule has 0 fully saturated rings. The summed E-state index contributed by atoms with van der Waals surface area (Å²) in [5.74, 6) is -0.226. The fourth-order valence-corrected chi connectivity index (χ4v) is 5.24. The lowest BCUT2D eigenvalue weighted by Gasteiger charge is -2.33. The monoisotopic (exact) mass is 479 g/mol. The van der Waals surface area contributed by atoms with Crippen LogP contribution in [0.3, 0.4) is 0 Å². The molecular weight excluding hydrogens is 461 g/mol. The molecule has 0 bridgehead atoms.